The number of hydrogen-bond acceptors (Lipinski definition) is 4. The highest BCUT2D eigenvalue weighted by Gasteiger charge is 2.23. The SMILES string of the molecule is CC[C@H](CO)NC(=O)CN1CSCC1=O. The molecule has 1 atom stereocenters. The van der Waals surface area contributed by atoms with Crippen molar-refractivity contribution in [3.8, 4) is 0 Å². The van der Waals surface area contributed by atoms with Crippen LogP contribution in [0.1, 0.15) is 13.3 Å². The minimum atomic E-state index is -0.206. The predicted molar refractivity (Wildman–Crippen MR) is 58.3 cm³/mol. The first-order valence-electron chi connectivity index (χ1n) is 4.93. The Bertz CT molecular complexity index is 244. The number of amides is 2. The van der Waals surface area contributed by atoms with Gasteiger partial charge in [0.15, 0.2) is 0 Å². The zero-order chi connectivity index (χ0) is 11.3. The van der Waals surface area contributed by atoms with E-state index < -0.39 is 0 Å². The molecule has 1 aliphatic heterocycles. The van der Waals surface area contributed by atoms with Crippen LogP contribution in [0.4, 0.5) is 0 Å². The quantitative estimate of drug-likeness (QED) is 0.664. The number of rotatable bonds is 5. The summed E-state index contributed by atoms with van der Waals surface area (Å²) in [6.45, 7) is 1.92. The molecule has 0 radical (unpaired) electrons. The summed E-state index contributed by atoms with van der Waals surface area (Å²) in [5.41, 5.74) is 0. The van der Waals surface area contributed by atoms with Gasteiger partial charge in [-0.1, -0.05) is 6.92 Å². The third-order valence-corrected chi connectivity index (χ3v) is 3.18. The maximum Gasteiger partial charge on any atom is 0.239 e. The van der Waals surface area contributed by atoms with Crippen molar-refractivity contribution in [2.75, 3.05) is 24.8 Å². The van der Waals surface area contributed by atoms with Gasteiger partial charge in [-0.25, -0.2) is 0 Å². The van der Waals surface area contributed by atoms with E-state index in [1.54, 1.807) is 0 Å². The first-order valence-corrected chi connectivity index (χ1v) is 6.08. The molecule has 86 valence electrons. The molecule has 5 nitrogen and oxygen atoms in total. The second kappa shape index (κ2) is 5.97. The van der Waals surface area contributed by atoms with E-state index in [-0.39, 0.29) is 31.0 Å². The molecule has 1 saturated heterocycles. The summed E-state index contributed by atoms with van der Waals surface area (Å²) in [6.07, 6.45) is 0.685. The Labute approximate surface area is 93.2 Å². The van der Waals surface area contributed by atoms with Gasteiger partial charge in [-0.05, 0) is 6.42 Å². The standard InChI is InChI=1S/C9H16N2O3S/c1-2-7(4-12)10-8(13)3-11-6-15-5-9(11)14/h7,12H,2-6H2,1H3,(H,10,13)/t7-/m1/s1. The molecule has 6 heteroatoms. The lowest BCUT2D eigenvalue weighted by molar-refractivity contribution is -0.132. The average molecular weight is 232 g/mol. The van der Waals surface area contributed by atoms with Gasteiger partial charge in [0.25, 0.3) is 0 Å². The average Bonchev–Trinajstić information content (AvgIpc) is 2.61. The molecular formula is C9H16N2O3S. The number of aliphatic hydroxyl groups is 1. The fraction of sp³-hybridized carbons (Fsp3) is 0.778. The lowest BCUT2D eigenvalue weighted by atomic mass is 10.2. The van der Waals surface area contributed by atoms with Crippen LogP contribution in [0.25, 0.3) is 0 Å². The molecule has 0 aromatic rings. The summed E-state index contributed by atoms with van der Waals surface area (Å²) in [5.74, 6) is 0.853. The molecule has 1 aliphatic rings. The van der Waals surface area contributed by atoms with Gasteiger partial charge in [0, 0.05) is 0 Å². The molecule has 1 rings (SSSR count). The van der Waals surface area contributed by atoms with Crippen molar-refractivity contribution in [2.45, 2.75) is 19.4 Å². The minimum Gasteiger partial charge on any atom is -0.394 e. The van der Waals surface area contributed by atoms with Gasteiger partial charge in [-0.15, -0.1) is 11.8 Å². The van der Waals surface area contributed by atoms with E-state index in [1.165, 1.54) is 16.7 Å². The number of nitrogens with zero attached hydrogens (tertiary/aromatic N) is 1. The molecular weight excluding hydrogens is 216 g/mol. The number of carbonyl (C=O) groups is 2. The van der Waals surface area contributed by atoms with Crippen LogP contribution in [0.5, 0.6) is 0 Å². The fourth-order valence-corrected chi connectivity index (χ4v) is 2.17. The lowest BCUT2D eigenvalue weighted by Crippen LogP contribution is -2.43. The molecule has 0 aliphatic carbocycles. The topological polar surface area (TPSA) is 69.6 Å². The zero-order valence-electron chi connectivity index (χ0n) is 8.73. The molecule has 0 unspecified atom stereocenters. The van der Waals surface area contributed by atoms with Crippen LogP contribution in [-0.2, 0) is 9.59 Å². The van der Waals surface area contributed by atoms with Crippen LogP contribution in [0.3, 0.4) is 0 Å². The molecule has 0 aromatic carbocycles. The Morgan fingerprint density at radius 2 is 2.47 bits per heavy atom. The van der Waals surface area contributed by atoms with Crippen LogP contribution in [-0.4, -0.2) is 52.6 Å². The van der Waals surface area contributed by atoms with Crippen molar-refractivity contribution < 1.29 is 14.7 Å². The Morgan fingerprint density at radius 1 is 1.73 bits per heavy atom. The van der Waals surface area contributed by atoms with E-state index in [0.717, 1.165) is 0 Å². The first-order chi connectivity index (χ1) is 7.17. The van der Waals surface area contributed by atoms with Crippen LogP contribution < -0.4 is 5.32 Å². The van der Waals surface area contributed by atoms with Crippen molar-refractivity contribution >= 4 is 23.6 Å². The molecule has 0 saturated carbocycles. The summed E-state index contributed by atoms with van der Waals surface area (Å²) < 4.78 is 0. The predicted octanol–water partition coefficient (Wildman–Crippen LogP) is -0.594. The first kappa shape index (κ1) is 12.3. The molecule has 0 aromatic heterocycles. The molecule has 0 bridgehead atoms. The number of aliphatic hydroxyl groups excluding tert-OH is 1. The highest BCUT2D eigenvalue weighted by Crippen LogP contribution is 2.13. The normalized spacial score (nSPS) is 18.0. The van der Waals surface area contributed by atoms with Crippen LogP contribution in [0.2, 0.25) is 0 Å². The number of hydrogen-bond donors (Lipinski definition) is 2. The van der Waals surface area contributed by atoms with Crippen molar-refractivity contribution in [3.63, 3.8) is 0 Å². The Hall–Kier alpha value is -0.750. The monoisotopic (exact) mass is 232 g/mol. The lowest BCUT2D eigenvalue weighted by Gasteiger charge is -2.18. The number of carbonyl (C=O) groups excluding carboxylic acids is 2. The maximum atomic E-state index is 11.4. The minimum absolute atomic E-state index is 0.00666. The molecule has 1 heterocycles. The van der Waals surface area contributed by atoms with Gasteiger partial charge < -0.3 is 15.3 Å². The molecule has 0 spiro atoms. The van der Waals surface area contributed by atoms with Gasteiger partial charge in [0.05, 0.1) is 24.3 Å². The van der Waals surface area contributed by atoms with Crippen molar-refractivity contribution in [1.82, 2.24) is 10.2 Å². The van der Waals surface area contributed by atoms with Crippen molar-refractivity contribution in [1.29, 1.82) is 0 Å². The van der Waals surface area contributed by atoms with E-state index in [1.807, 2.05) is 6.92 Å². The maximum absolute atomic E-state index is 11.4. The third kappa shape index (κ3) is 3.71. The second-order valence-corrected chi connectivity index (χ2v) is 4.38. The Morgan fingerprint density at radius 3 is 2.93 bits per heavy atom. The Kier molecular flexibility index (Phi) is 4.90. The van der Waals surface area contributed by atoms with E-state index in [0.29, 0.717) is 18.1 Å². The van der Waals surface area contributed by atoms with Gasteiger partial charge in [0.1, 0.15) is 6.54 Å². The van der Waals surface area contributed by atoms with Crippen LogP contribution >= 0.6 is 11.8 Å². The summed E-state index contributed by atoms with van der Waals surface area (Å²) in [4.78, 5) is 24.2. The van der Waals surface area contributed by atoms with Gasteiger partial charge in [0.2, 0.25) is 11.8 Å². The van der Waals surface area contributed by atoms with Gasteiger partial charge in [-0.3, -0.25) is 9.59 Å². The van der Waals surface area contributed by atoms with Gasteiger partial charge in [-0.2, -0.15) is 0 Å². The highest BCUT2D eigenvalue weighted by atomic mass is 32.2. The third-order valence-electron chi connectivity index (χ3n) is 2.24. The fourth-order valence-electron chi connectivity index (χ4n) is 1.26. The summed E-state index contributed by atoms with van der Waals surface area (Å²) in [5, 5.41) is 11.6. The summed E-state index contributed by atoms with van der Waals surface area (Å²) >= 11 is 1.51. The van der Waals surface area contributed by atoms with Crippen LogP contribution in [0, 0.1) is 0 Å². The zero-order valence-corrected chi connectivity index (χ0v) is 9.55. The van der Waals surface area contributed by atoms with Gasteiger partial charge >= 0.3 is 0 Å². The molecule has 15 heavy (non-hydrogen) atoms. The highest BCUT2D eigenvalue weighted by molar-refractivity contribution is 8.00. The molecule has 1 fully saturated rings. The van der Waals surface area contributed by atoms with Crippen LogP contribution in [0.15, 0.2) is 0 Å². The summed E-state index contributed by atoms with van der Waals surface area (Å²) in [7, 11) is 0. The second-order valence-electron chi connectivity index (χ2n) is 3.42. The smallest absolute Gasteiger partial charge is 0.239 e. The van der Waals surface area contributed by atoms with Crippen molar-refractivity contribution in [2.24, 2.45) is 0 Å². The van der Waals surface area contributed by atoms with E-state index >= 15 is 0 Å². The number of thioether (sulfide) groups is 1. The molecule has 2 N–H and O–H groups in total. The Balaban J connectivity index is 2.31. The largest absolute Gasteiger partial charge is 0.394 e. The van der Waals surface area contributed by atoms with Crippen molar-refractivity contribution in [3.05, 3.63) is 0 Å². The number of nitrogens with one attached hydrogen (secondary N) is 1. The molecule has 2 amide bonds. The van der Waals surface area contributed by atoms with E-state index in [9.17, 15) is 9.59 Å². The summed E-state index contributed by atoms with van der Waals surface area (Å²) in [6, 6.07) is -0.206. The van der Waals surface area contributed by atoms with E-state index in [2.05, 4.69) is 5.32 Å². The van der Waals surface area contributed by atoms with E-state index in [4.69, 9.17) is 5.11 Å².